The summed E-state index contributed by atoms with van der Waals surface area (Å²) in [5.74, 6) is -0.0992. The zero-order chi connectivity index (χ0) is 18.0. The van der Waals surface area contributed by atoms with Gasteiger partial charge in [-0.3, -0.25) is 4.79 Å². The topological polar surface area (TPSA) is 38.8 Å². The fourth-order valence-electron chi connectivity index (χ4n) is 3.24. The fraction of sp³-hybridized carbons (Fsp3) is 0.389. The van der Waals surface area contributed by atoms with Gasteiger partial charge in [-0.15, -0.1) is 11.3 Å². The molecule has 0 aliphatic carbocycles. The molecule has 1 aromatic heterocycles. The number of rotatable bonds is 5. The summed E-state index contributed by atoms with van der Waals surface area (Å²) < 4.78 is 34.4. The number of benzene rings is 1. The smallest absolute Gasteiger partial charge is 0.387 e. The Morgan fingerprint density at radius 1 is 1.36 bits per heavy atom. The lowest BCUT2D eigenvalue weighted by Crippen LogP contribution is -2.39. The van der Waals surface area contributed by atoms with Crippen LogP contribution in [0.2, 0.25) is 0 Å². The van der Waals surface area contributed by atoms with Gasteiger partial charge in [0.15, 0.2) is 11.5 Å². The van der Waals surface area contributed by atoms with Crippen molar-refractivity contribution in [1.82, 2.24) is 4.90 Å². The molecule has 3 rings (SSSR count). The normalized spacial score (nSPS) is 16.7. The second kappa shape index (κ2) is 7.39. The van der Waals surface area contributed by atoms with Gasteiger partial charge in [0.2, 0.25) is 0 Å². The van der Waals surface area contributed by atoms with E-state index in [4.69, 9.17) is 4.74 Å². The molecule has 0 fully saturated rings. The van der Waals surface area contributed by atoms with Crippen molar-refractivity contribution in [3.8, 4) is 11.5 Å². The quantitative estimate of drug-likeness (QED) is 0.781. The molecule has 2 aromatic rings. The van der Waals surface area contributed by atoms with Crippen molar-refractivity contribution in [2.45, 2.75) is 32.4 Å². The maximum Gasteiger partial charge on any atom is 0.387 e. The van der Waals surface area contributed by atoms with Gasteiger partial charge >= 0.3 is 6.61 Å². The highest BCUT2D eigenvalue weighted by atomic mass is 32.1. The van der Waals surface area contributed by atoms with Crippen LogP contribution in [0.5, 0.6) is 11.5 Å². The highest BCUT2D eigenvalue weighted by Gasteiger charge is 2.31. The molecule has 0 bridgehead atoms. The van der Waals surface area contributed by atoms with E-state index >= 15 is 0 Å². The van der Waals surface area contributed by atoms with Crippen LogP contribution in [-0.2, 0) is 6.42 Å². The maximum atomic E-state index is 13.0. The first-order valence-corrected chi connectivity index (χ1v) is 8.93. The van der Waals surface area contributed by atoms with E-state index in [9.17, 15) is 13.6 Å². The van der Waals surface area contributed by atoms with Crippen LogP contribution in [0.1, 0.15) is 40.2 Å². The Morgan fingerprint density at radius 2 is 2.16 bits per heavy atom. The molecule has 0 unspecified atom stereocenters. The number of alkyl halides is 2. The third kappa shape index (κ3) is 3.46. The molecule has 2 heterocycles. The number of nitrogens with zero attached hydrogens (tertiary/aromatic N) is 1. The summed E-state index contributed by atoms with van der Waals surface area (Å²) >= 11 is 1.72. The van der Waals surface area contributed by atoms with E-state index < -0.39 is 6.61 Å². The Morgan fingerprint density at radius 3 is 2.84 bits per heavy atom. The summed E-state index contributed by atoms with van der Waals surface area (Å²) in [6, 6.07) is 6.41. The van der Waals surface area contributed by atoms with Crippen LogP contribution in [0.4, 0.5) is 8.78 Å². The molecule has 1 amide bonds. The SMILES string of the molecule is CC[C@H]1c2ccsc2CCN1C(=O)c1ccc(OC(F)F)c(OC)c1. The van der Waals surface area contributed by atoms with E-state index in [2.05, 4.69) is 23.1 Å². The molecule has 1 atom stereocenters. The van der Waals surface area contributed by atoms with E-state index in [0.29, 0.717) is 12.1 Å². The molecule has 25 heavy (non-hydrogen) atoms. The summed E-state index contributed by atoms with van der Waals surface area (Å²) in [7, 11) is 1.36. The molecule has 1 aliphatic heterocycles. The molecule has 0 N–H and O–H groups in total. The number of carbonyl (C=O) groups is 1. The molecule has 1 aromatic carbocycles. The number of hydrogen-bond donors (Lipinski definition) is 0. The molecular weight excluding hydrogens is 348 g/mol. The standard InChI is InChI=1S/C18H19F2NO3S/c1-3-13-12-7-9-25-16(12)6-8-21(13)17(22)11-4-5-14(24-18(19)20)15(10-11)23-2/h4-5,7,9-10,13,18H,3,6,8H2,1-2H3/t13-/m0/s1. The number of fused-ring (bicyclic) bond motifs is 1. The van der Waals surface area contributed by atoms with Gasteiger partial charge in [0.25, 0.3) is 5.91 Å². The van der Waals surface area contributed by atoms with E-state index in [1.54, 1.807) is 11.3 Å². The Balaban J connectivity index is 1.88. The van der Waals surface area contributed by atoms with Crippen LogP contribution in [0, 0.1) is 0 Å². The van der Waals surface area contributed by atoms with Crippen LogP contribution in [-0.4, -0.2) is 31.1 Å². The Hall–Kier alpha value is -2.15. The predicted molar refractivity (Wildman–Crippen MR) is 91.7 cm³/mol. The number of halogens is 2. The summed E-state index contributed by atoms with van der Waals surface area (Å²) in [6.07, 6.45) is 1.65. The van der Waals surface area contributed by atoms with Crippen molar-refractivity contribution < 1.29 is 23.0 Å². The lowest BCUT2D eigenvalue weighted by Gasteiger charge is -2.35. The maximum absolute atomic E-state index is 13.0. The molecule has 0 saturated carbocycles. The number of hydrogen-bond acceptors (Lipinski definition) is 4. The first-order valence-electron chi connectivity index (χ1n) is 8.05. The third-order valence-electron chi connectivity index (χ3n) is 4.37. The van der Waals surface area contributed by atoms with Crippen LogP contribution in [0.15, 0.2) is 29.6 Å². The van der Waals surface area contributed by atoms with Crippen molar-refractivity contribution in [1.29, 1.82) is 0 Å². The largest absolute Gasteiger partial charge is 0.493 e. The Bertz CT molecular complexity index is 763. The summed E-state index contributed by atoms with van der Waals surface area (Å²) in [5.41, 5.74) is 1.60. The van der Waals surface area contributed by atoms with E-state index in [0.717, 1.165) is 12.8 Å². The van der Waals surface area contributed by atoms with Gasteiger partial charge in [0.05, 0.1) is 13.2 Å². The number of amides is 1. The molecule has 7 heteroatoms. The second-order valence-electron chi connectivity index (χ2n) is 5.72. The molecule has 0 radical (unpaired) electrons. The monoisotopic (exact) mass is 367 g/mol. The lowest BCUT2D eigenvalue weighted by molar-refractivity contribution is -0.0512. The van der Waals surface area contributed by atoms with Crippen molar-refractivity contribution in [2.24, 2.45) is 0 Å². The van der Waals surface area contributed by atoms with E-state index in [1.807, 2.05) is 4.90 Å². The van der Waals surface area contributed by atoms with Crippen molar-refractivity contribution >= 4 is 17.2 Å². The third-order valence-corrected chi connectivity index (χ3v) is 5.37. The molecular formula is C18H19F2NO3S. The van der Waals surface area contributed by atoms with Gasteiger partial charge in [-0.1, -0.05) is 6.92 Å². The highest BCUT2D eigenvalue weighted by Crippen LogP contribution is 2.37. The van der Waals surface area contributed by atoms with Gasteiger partial charge in [-0.25, -0.2) is 0 Å². The minimum atomic E-state index is -2.95. The van der Waals surface area contributed by atoms with Crippen LogP contribution < -0.4 is 9.47 Å². The molecule has 1 aliphatic rings. The molecule has 4 nitrogen and oxygen atoms in total. The average Bonchev–Trinajstić information content (AvgIpc) is 3.08. The summed E-state index contributed by atoms with van der Waals surface area (Å²) in [4.78, 5) is 16.2. The molecule has 134 valence electrons. The van der Waals surface area contributed by atoms with Crippen molar-refractivity contribution in [3.63, 3.8) is 0 Å². The van der Waals surface area contributed by atoms with Gasteiger partial charge in [-0.05, 0) is 48.1 Å². The van der Waals surface area contributed by atoms with Crippen LogP contribution in [0.3, 0.4) is 0 Å². The van der Waals surface area contributed by atoms with Crippen molar-refractivity contribution in [2.75, 3.05) is 13.7 Å². The van der Waals surface area contributed by atoms with E-state index in [1.165, 1.54) is 35.7 Å². The van der Waals surface area contributed by atoms with Crippen molar-refractivity contribution in [3.05, 3.63) is 45.6 Å². The van der Waals surface area contributed by atoms with Gasteiger partial charge < -0.3 is 14.4 Å². The minimum absolute atomic E-state index is 0.0329. The zero-order valence-electron chi connectivity index (χ0n) is 14.0. The fourth-order valence-corrected chi connectivity index (χ4v) is 4.17. The second-order valence-corrected chi connectivity index (χ2v) is 6.72. The predicted octanol–water partition coefficient (Wildman–Crippen LogP) is 4.51. The zero-order valence-corrected chi connectivity index (χ0v) is 14.8. The number of thiophene rings is 1. The number of carbonyl (C=O) groups excluding carboxylic acids is 1. The van der Waals surface area contributed by atoms with Gasteiger partial charge in [-0.2, -0.15) is 8.78 Å². The minimum Gasteiger partial charge on any atom is -0.493 e. The summed E-state index contributed by atoms with van der Waals surface area (Å²) in [5, 5.41) is 2.06. The Kier molecular flexibility index (Phi) is 5.22. The van der Waals surface area contributed by atoms with Gasteiger partial charge in [0, 0.05) is 17.0 Å². The molecule has 0 saturated heterocycles. The first kappa shape index (κ1) is 17.7. The first-order chi connectivity index (χ1) is 12.0. The summed E-state index contributed by atoms with van der Waals surface area (Å²) in [6.45, 7) is -0.251. The molecule has 0 spiro atoms. The van der Waals surface area contributed by atoms with Crippen LogP contribution in [0.25, 0.3) is 0 Å². The van der Waals surface area contributed by atoms with Crippen LogP contribution >= 0.6 is 11.3 Å². The Labute approximate surface area is 149 Å². The number of ether oxygens (including phenoxy) is 2. The highest BCUT2D eigenvalue weighted by molar-refractivity contribution is 7.10. The van der Waals surface area contributed by atoms with Gasteiger partial charge in [0.1, 0.15) is 0 Å². The lowest BCUT2D eigenvalue weighted by atomic mass is 9.97. The average molecular weight is 367 g/mol. The number of methoxy groups -OCH3 is 1. The van der Waals surface area contributed by atoms with E-state index in [-0.39, 0.29) is 23.4 Å².